The van der Waals surface area contributed by atoms with Crippen LogP contribution in [0.3, 0.4) is 0 Å². The normalized spacial score (nSPS) is 11.3. The molecule has 0 fully saturated rings. The van der Waals surface area contributed by atoms with Gasteiger partial charge in [-0.2, -0.15) is 0 Å². The zero-order valence-corrected chi connectivity index (χ0v) is 14.8. The van der Waals surface area contributed by atoms with E-state index in [1.54, 1.807) is 38.1 Å². The molecule has 0 unspecified atom stereocenters. The van der Waals surface area contributed by atoms with Crippen molar-refractivity contribution in [3.05, 3.63) is 29.3 Å². The van der Waals surface area contributed by atoms with E-state index in [0.29, 0.717) is 10.9 Å². The number of nitrogens with zero attached hydrogens (tertiary/aromatic N) is 2. The number of carbonyl (C=O) groups excluding carboxylic acids is 2. The number of primary amides is 1. The molecule has 0 bridgehead atoms. The first-order valence-corrected chi connectivity index (χ1v) is 8.43. The highest BCUT2D eigenvalue weighted by molar-refractivity contribution is 7.99. The van der Waals surface area contributed by atoms with Gasteiger partial charge in [-0.25, -0.2) is 0 Å². The summed E-state index contributed by atoms with van der Waals surface area (Å²) in [6.07, 6.45) is 0. The van der Waals surface area contributed by atoms with E-state index in [2.05, 4.69) is 15.5 Å². The SMILES string of the molecule is CC(C)(CNC(=O)CSc1nnc(-c2ccc(Cl)cc2)o1)C(N)=O. The van der Waals surface area contributed by atoms with Crippen LogP contribution in [0.25, 0.3) is 11.5 Å². The molecule has 0 spiro atoms. The van der Waals surface area contributed by atoms with Crippen LogP contribution in [0, 0.1) is 5.41 Å². The Bertz CT molecular complexity index is 731. The topological polar surface area (TPSA) is 111 Å². The van der Waals surface area contributed by atoms with Crippen molar-refractivity contribution in [1.82, 2.24) is 15.5 Å². The van der Waals surface area contributed by atoms with Crippen molar-refractivity contribution in [3.63, 3.8) is 0 Å². The third kappa shape index (κ3) is 4.97. The summed E-state index contributed by atoms with van der Waals surface area (Å²) < 4.78 is 5.49. The maximum Gasteiger partial charge on any atom is 0.277 e. The number of thioether (sulfide) groups is 1. The Kier molecular flexibility index (Phi) is 5.84. The van der Waals surface area contributed by atoms with Gasteiger partial charge in [0, 0.05) is 17.1 Å². The summed E-state index contributed by atoms with van der Waals surface area (Å²) in [6.45, 7) is 3.50. The van der Waals surface area contributed by atoms with Gasteiger partial charge in [-0.1, -0.05) is 23.4 Å². The van der Waals surface area contributed by atoms with Gasteiger partial charge in [0.15, 0.2) is 0 Å². The van der Waals surface area contributed by atoms with E-state index in [1.165, 1.54) is 0 Å². The zero-order chi connectivity index (χ0) is 17.7. The van der Waals surface area contributed by atoms with E-state index in [1.807, 2.05) is 0 Å². The van der Waals surface area contributed by atoms with Crippen LogP contribution in [0.4, 0.5) is 0 Å². The van der Waals surface area contributed by atoms with Crippen molar-refractivity contribution in [1.29, 1.82) is 0 Å². The van der Waals surface area contributed by atoms with Crippen molar-refractivity contribution in [2.75, 3.05) is 12.3 Å². The number of benzene rings is 1. The minimum Gasteiger partial charge on any atom is -0.411 e. The van der Waals surface area contributed by atoms with Gasteiger partial charge in [0.2, 0.25) is 17.7 Å². The van der Waals surface area contributed by atoms with Crippen LogP contribution in [0.1, 0.15) is 13.8 Å². The molecule has 24 heavy (non-hydrogen) atoms. The summed E-state index contributed by atoms with van der Waals surface area (Å²) in [4.78, 5) is 23.0. The summed E-state index contributed by atoms with van der Waals surface area (Å²) >= 11 is 6.94. The molecule has 0 saturated heterocycles. The van der Waals surface area contributed by atoms with Crippen LogP contribution in [0.15, 0.2) is 33.9 Å². The summed E-state index contributed by atoms with van der Waals surface area (Å²) in [5.41, 5.74) is 5.19. The second-order valence-corrected chi connectivity index (χ2v) is 7.06. The summed E-state index contributed by atoms with van der Waals surface area (Å²) in [7, 11) is 0. The van der Waals surface area contributed by atoms with E-state index in [0.717, 1.165) is 17.3 Å². The van der Waals surface area contributed by atoms with Crippen LogP contribution in [-0.2, 0) is 9.59 Å². The largest absolute Gasteiger partial charge is 0.411 e. The first-order valence-electron chi connectivity index (χ1n) is 7.07. The van der Waals surface area contributed by atoms with Gasteiger partial charge in [-0.15, -0.1) is 10.2 Å². The molecular formula is C15H17ClN4O3S. The molecule has 2 amide bonds. The van der Waals surface area contributed by atoms with Crippen molar-refractivity contribution in [2.45, 2.75) is 19.1 Å². The van der Waals surface area contributed by atoms with Crippen molar-refractivity contribution >= 4 is 35.2 Å². The van der Waals surface area contributed by atoms with Gasteiger partial charge in [-0.3, -0.25) is 9.59 Å². The molecule has 0 saturated carbocycles. The fourth-order valence-electron chi connectivity index (χ4n) is 1.56. The maximum atomic E-state index is 11.8. The fraction of sp³-hybridized carbons (Fsp3) is 0.333. The van der Waals surface area contributed by atoms with Gasteiger partial charge in [-0.05, 0) is 38.1 Å². The van der Waals surface area contributed by atoms with Crippen LogP contribution >= 0.6 is 23.4 Å². The number of halogens is 1. The Balaban J connectivity index is 1.86. The summed E-state index contributed by atoms with van der Waals surface area (Å²) in [5, 5.41) is 11.4. The molecule has 1 heterocycles. The molecule has 2 aromatic rings. The average Bonchev–Trinajstić information content (AvgIpc) is 3.00. The van der Waals surface area contributed by atoms with E-state index >= 15 is 0 Å². The molecule has 3 N–H and O–H groups in total. The molecule has 1 aromatic carbocycles. The number of hydrogen-bond acceptors (Lipinski definition) is 6. The molecule has 0 aliphatic heterocycles. The second-order valence-electron chi connectivity index (χ2n) is 5.69. The molecule has 2 rings (SSSR count). The van der Waals surface area contributed by atoms with E-state index in [4.69, 9.17) is 21.8 Å². The standard InChI is InChI=1S/C15H17ClN4O3S/c1-15(2,13(17)22)8-18-11(21)7-24-14-20-19-12(23-14)9-3-5-10(16)6-4-9/h3-6H,7-8H2,1-2H3,(H2,17,22)(H,18,21). The lowest BCUT2D eigenvalue weighted by molar-refractivity contribution is -0.126. The lowest BCUT2D eigenvalue weighted by Crippen LogP contribution is -2.42. The summed E-state index contributed by atoms with van der Waals surface area (Å²) in [5.74, 6) is -0.276. The van der Waals surface area contributed by atoms with Crippen molar-refractivity contribution in [2.24, 2.45) is 11.1 Å². The maximum absolute atomic E-state index is 11.8. The highest BCUT2D eigenvalue weighted by Gasteiger charge is 2.25. The highest BCUT2D eigenvalue weighted by atomic mass is 35.5. The lowest BCUT2D eigenvalue weighted by Gasteiger charge is -2.20. The second kappa shape index (κ2) is 7.67. The number of carbonyl (C=O) groups is 2. The molecule has 7 nitrogen and oxygen atoms in total. The quantitative estimate of drug-likeness (QED) is 0.724. The fourth-order valence-corrected chi connectivity index (χ4v) is 2.28. The molecule has 0 aliphatic rings. The summed E-state index contributed by atoms with van der Waals surface area (Å²) in [6, 6.07) is 6.98. The van der Waals surface area contributed by atoms with Crippen molar-refractivity contribution in [3.8, 4) is 11.5 Å². The molecule has 9 heteroatoms. The van der Waals surface area contributed by atoms with E-state index in [9.17, 15) is 9.59 Å². The van der Waals surface area contributed by atoms with Crippen LogP contribution < -0.4 is 11.1 Å². The van der Waals surface area contributed by atoms with Crippen LogP contribution in [0.5, 0.6) is 0 Å². The third-order valence-corrected chi connectivity index (χ3v) is 4.29. The number of aromatic nitrogens is 2. The Morgan fingerprint density at radius 1 is 1.29 bits per heavy atom. The molecular weight excluding hydrogens is 352 g/mol. The minimum atomic E-state index is -0.799. The first kappa shape index (κ1) is 18.3. The van der Waals surface area contributed by atoms with Gasteiger partial charge >= 0.3 is 0 Å². The Labute approximate surface area is 148 Å². The van der Waals surface area contributed by atoms with Crippen molar-refractivity contribution < 1.29 is 14.0 Å². The number of nitrogens with one attached hydrogen (secondary N) is 1. The third-order valence-electron chi connectivity index (χ3n) is 3.22. The zero-order valence-electron chi connectivity index (χ0n) is 13.2. The van der Waals surface area contributed by atoms with Gasteiger partial charge < -0.3 is 15.5 Å². The highest BCUT2D eigenvalue weighted by Crippen LogP contribution is 2.24. The molecule has 0 aliphatic carbocycles. The molecule has 0 atom stereocenters. The predicted octanol–water partition coefficient (Wildman–Crippen LogP) is 2.11. The number of amides is 2. The first-order chi connectivity index (χ1) is 11.3. The lowest BCUT2D eigenvalue weighted by atomic mass is 9.93. The number of rotatable bonds is 7. The average molecular weight is 369 g/mol. The predicted molar refractivity (Wildman–Crippen MR) is 91.5 cm³/mol. The molecule has 0 radical (unpaired) electrons. The molecule has 1 aromatic heterocycles. The van der Waals surface area contributed by atoms with Gasteiger partial charge in [0.1, 0.15) is 0 Å². The van der Waals surface area contributed by atoms with E-state index < -0.39 is 11.3 Å². The van der Waals surface area contributed by atoms with Gasteiger partial charge in [0.25, 0.3) is 5.22 Å². The minimum absolute atomic E-state index is 0.0943. The molecule has 128 valence electrons. The van der Waals surface area contributed by atoms with Gasteiger partial charge in [0.05, 0.1) is 11.2 Å². The monoisotopic (exact) mass is 368 g/mol. The Hall–Kier alpha value is -2.06. The number of nitrogens with two attached hydrogens (primary N) is 1. The van der Waals surface area contributed by atoms with Crippen LogP contribution in [0.2, 0.25) is 5.02 Å². The Morgan fingerprint density at radius 3 is 2.58 bits per heavy atom. The van der Waals surface area contributed by atoms with E-state index in [-0.39, 0.29) is 23.4 Å². The Morgan fingerprint density at radius 2 is 1.96 bits per heavy atom. The number of hydrogen-bond donors (Lipinski definition) is 2. The smallest absolute Gasteiger partial charge is 0.277 e. The van der Waals surface area contributed by atoms with Crippen LogP contribution in [-0.4, -0.2) is 34.3 Å².